The average Bonchev–Trinajstić information content (AvgIpc) is 2.68. The summed E-state index contributed by atoms with van der Waals surface area (Å²) < 4.78 is 143. The van der Waals surface area contributed by atoms with Gasteiger partial charge in [0.2, 0.25) is 0 Å². The minimum absolute atomic E-state index is 0.244. The van der Waals surface area contributed by atoms with E-state index in [2.05, 4.69) is 29.1 Å². The summed E-state index contributed by atoms with van der Waals surface area (Å²) in [5, 5.41) is 16.9. The van der Waals surface area contributed by atoms with Crippen molar-refractivity contribution in [3.05, 3.63) is 82.4 Å². The number of halogens is 13. The van der Waals surface area contributed by atoms with Crippen molar-refractivity contribution in [1.29, 1.82) is 0 Å². The molecular formula is C18H10BBrF12O2. The predicted molar refractivity (Wildman–Crippen MR) is 102 cm³/mol. The fourth-order valence-corrected chi connectivity index (χ4v) is 1.62. The summed E-state index contributed by atoms with van der Waals surface area (Å²) in [4.78, 5) is 0. The fraction of sp³-hybridized carbons (Fsp3) is 0.111. The molecule has 0 bridgehead atoms. The van der Waals surface area contributed by atoms with Crippen LogP contribution in [-0.2, 0) is 0 Å². The van der Waals surface area contributed by atoms with E-state index in [1.165, 1.54) is 0 Å². The van der Waals surface area contributed by atoms with Gasteiger partial charge in [0, 0.05) is 0 Å². The van der Waals surface area contributed by atoms with Crippen molar-refractivity contribution in [2.75, 3.05) is 0 Å². The van der Waals surface area contributed by atoms with Gasteiger partial charge in [0.15, 0.2) is 34.9 Å². The van der Waals surface area contributed by atoms with E-state index >= 15 is 0 Å². The summed E-state index contributed by atoms with van der Waals surface area (Å²) in [6.07, 6.45) is -9.09. The van der Waals surface area contributed by atoms with Crippen LogP contribution in [0.15, 0.2) is 41.9 Å². The third kappa shape index (κ3) is 9.81. The highest BCUT2D eigenvalue weighted by molar-refractivity contribution is 9.11. The second kappa shape index (κ2) is 12.3. The van der Waals surface area contributed by atoms with E-state index in [1.807, 2.05) is 0 Å². The lowest BCUT2D eigenvalue weighted by molar-refractivity contribution is -0.0825. The first-order valence-corrected chi connectivity index (χ1v) is 8.82. The van der Waals surface area contributed by atoms with Crippen LogP contribution in [0.4, 0.5) is 52.7 Å². The van der Waals surface area contributed by atoms with Gasteiger partial charge < -0.3 is 10.0 Å². The van der Waals surface area contributed by atoms with Crippen LogP contribution in [0.2, 0.25) is 0 Å². The van der Waals surface area contributed by atoms with E-state index in [9.17, 15) is 52.7 Å². The van der Waals surface area contributed by atoms with Gasteiger partial charge in [-0.05, 0) is 51.2 Å². The van der Waals surface area contributed by atoms with Crippen LogP contribution in [0.25, 0.3) is 5.57 Å². The number of rotatable bonds is 2. The summed E-state index contributed by atoms with van der Waals surface area (Å²) in [7, 11) is -2.00. The lowest BCUT2D eigenvalue weighted by Crippen LogP contribution is -2.30. The van der Waals surface area contributed by atoms with Crippen LogP contribution in [0.1, 0.15) is 5.56 Å². The molecular weight excluding hydrogens is 567 g/mol. The first kappa shape index (κ1) is 31.5. The SMILES string of the molecule is C=C(Br)C(F)(F)F.C=C(c1cc(F)c(F)c(F)c1)C(F)(F)F.OB(O)c1cc(F)c(F)c(F)c1. The highest BCUT2D eigenvalue weighted by Crippen LogP contribution is 2.33. The van der Waals surface area contributed by atoms with Gasteiger partial charge in [-0.15, -0.1) is 0 Å². The number of hydrogen-bond acceptors (Lipinski definition) is 2. The van der Waals surface area contributed by atoms with E-state index in [4.69, 9.17) is 10.0 Å². The van der Waals surface area contributed by atoms with Gasteiger partial charge in [-0.1, -0.05) is 13.2 Å². The number of allylic oxidation sites excluding steroid dienone is 2. The Kier molecular flexibility index (Phi) is 11.4. The molecule has 188 valence electrons. The quantitative estimate of drug-likeness (QED) is 0.265. The molecule has 2 N–H and O–H groups in total. The maximum Gasteiger partial charge on any atom is 0.488 e. The summed E-state index contributed by atoms with van der Waals surface area (Å²) in [5.41, 5.74) is -2.69. The molecule has 0 radical (unpaired) electrons. The normalized spacial score (nSPS) is 11.0. The van der Waals surface area contributed by atoms with Crippen molar-refractivity contribution in [3.63, 3.8) is 0 Å². The highest BCUT2D eigenvalue weighted by Gasteiger charge is 2.33. The van der Waals surface area contributed by atoms with Crippen LogP contribution in [0, 0.1) is 34.9 Å². The van der Waals surface area contributed by atoms with Gasteiger partial charge in [0.05, 0.1) is 10.1 Å². The van der Waals surface area contributed by atoms with Crippen LogP contribution in [0.3, 0.4) is 0 Å². The first-order chi connectivity index (χ1) is 15.2. The Balaban J connectivity index is 0.000000514. The molecule has 0 spiro atoms. The van der Waals surface area contributed by atoms with Crippen molar-refractivity contribution in [2.45, 2.75) is 12.4 Å². The van der Waals surface area contributed by atoms with Crippen LogP contribution in [0.5, 0.6) is 0 Å². The van der Waals surface area contributed by atoms with Crippen LogP contribution >= 0.6 is 15.9 Å². The Morgan fingerprint density at radius 2 is 0.971 bits per heavy atom. The lowest BCUT2D eigenvalue weighted by Gasteiger charge is -2.10. The van der Waals surface area contributed by atoms with Gasteiger partial charge in [-0.25, -0.2) is 26.3 Å². The molecule has 0 amide bonds. The molecule has 0 aliphatic rings. The van der Waals surface area contributed by atoms with Gasteiger partial charge in [-0.3, -0.25) is 0 Å². The Morgan fingerprint density at radius 1 is 0.676 bits per heavy atom. The standard InChI is InChI=1S/C9H4F6.C6H4BF3O2.C3H2BrF3/c1-4(9(13,14)15)5-2-6(10)8(12)7(11)3-5;8-4-1-3(7(11)12)2-5(9)6(4)10;1-2(4)3(5,6)7/h2-3H,1H2;1-2,11-12H;1H2. The third-order valence-electron chi connectivity index (χ3n) is 3.29. The molecule has 2 nitrogen and oxygen atoms in total. The molecule has 0 unspecified atom stereocenters. The first-order valence-electron chi connectivity index (χ1n) is 8.03. The number of hydrogen-bond donors (Lipinski definition) is 2. The van der Waals surface area contributed by atoms with E-state index in [0.29, 0.717) is 12.1 Å². The zero-order valence-corrected chi connectivity index (χ0v) is 17.7. The highest BCUT2D eigenvalue weighted by atomic mass is 79.9. The molecule has 34 heavy (non-hydrogen) atoms. The average molecular weight is 577 g/mol. The maximum atomic E-state index is 12.6. The monoisotopic (exact) mass is 576 g/mol. The molecule has 2 rings (SSSR count). The minimum atomic E-state index is -4.81. The summed E-state index contributed by atoms with van der Waals surface area (Å²) in [5.74, 6) is -9.70. The Bertz CT molecular complexity index is 989. The summed E-state index contributed by atoms with van der Waals surface area (Å²) >= 11 is 2.18. The van der Waals surface area contributed by atoms with E-state index in [-0.39, 0.29) is 12.1 Å². The number of benzene rings is 2. The molecule has 0 aliphatic carbocycles. The molecule has 0 saturated carbocycles. The molecule has 0 saturated heterocycles. The van der Waals surface area contributed by atoms with Crippen LogP contribution in [-0.4, -0.2) is 29.5 Å². The molecule has 0 fully saturated rings. The van der Waals surface area contributed by atoms with Crippen molar-refractivity contribution in [3.8, 4) is 0 Å². The topological polar surface area (TPSA) is 40.5 Å². The fourth-order valence-electron chi connectivity index (χ4n) is 1.62. The van der Waals surface area contributed by atoms with Gasteiger partial charge in [0.25, 0.3) is 0 Å². The zero-order valence-electron chi connectivity index (χ0n) is 16.1. The zero-order chi connectivity index (χ0) is 27.2. The smallest absolute Gasteiger partial charge is 0.423 e. The molecule has 0 aliphatic heterocycles. The molecule has 16 heteroatoms. The van der Waals surface area contributed by atoms with E-state index in [0.717, 1.165) is 0 Å². The van der Waals surface area contributed by atoms with Crippen molar-refractivity contribution >= 4 is 34.1 Å². The lowest BCUT2D eigenvalue weighted by atomic mass is 9.80. The Morgan fingerprint density at radius 3 is 1.21 bits per heavy atom. The second-order valence-electron chi connectivity index (χ2n) is 5.81. The predicted octanol–water partition coefficient (Wildman–Crippen LogP) is 5.92. The van der Waals surface area contributed by atoms with E-state index in [1.54, 1.807) is 0 Å². The summed E-state index contributed by atoms with van der Waals surface area (Å²) in [6.45, 7) is 5.25. The minimum Gasteiger partial charge on any atom is -0.423 e. The molecule has 0 aromatic heterocycles. The van der Waals surface area contributed by atoms with Crippen LogP contribution < -0.4 is 5.46 Å². The van der Waals surface area contributed by atoms with Crippen molar-refractivity contribution < 1.29 is 62.7 Å². The number of alkyl halides is 6. The Labute approximate surface area is 192 Å². The van der Waals surface area contributed by atoms with E-state index < -0.39 is 75.5 Å². The largest absolute Gasteiger partial charge is 0.488 e. The molecule has 2 aromatic carbocycles. The molecule has 0 heterocycles. The van der Waals surface area contributed by atoms with Gasteiger partial charge in [0.1, 0.15) is 0 Å². The summed E-state index contributed by atoms with van der Waals surface area (Å²) in [6, 6.07) is 1.52. The van der Waals surface area contributed by atoms with Gasteiger partial charge >= 0.3 is 19.5 Å². The van der Waals surface area contributed by atoms with Crippen molar-refractivity contribution in [2.24, 2.45) is 0 Å². The second-order valence-corrected chi connectivity index (χ2v) is 6.76. The molecule has 0 atom stereocenters. The maximum absolute atomic E-state index is 12.6. The third-order valence-corrected chi connectivity index (χ3v) is 3.74. The Hall–Kier alpha value is -2.46. The van der Waals surface area contributed by atoms with Crippen molar-refractivity contribution in [1.82, 2.24) is 0 Å². The van der Waals surface area contributed by atoms with Gasteiger partial charge in [-0.2, -0.15) is 26.3 Å². The molecule has 2 aromatic rings.